The van der Waals surface area contributed by atoms with Crippen LogP contribution >= 0.6 is 15.9 Å². The van der Waals surface area contributed by atoms with Crippen LogP contribution in [-0.2, 0) is 11.8 Å². The molecular weight excluding hydrogens is 362 g/mol. The lowest BCUT2D eigenvalue weighted by Crippen LogP contribution is -2.35. The van der Waals surface area contributed by atoms with Crippen LogP contribution in [0.1, 0.15) is 23.5 Å². The minimum absolute atomic E-state index is 0.146. The van der Waals surface area contributed by atoms with Crippen LogP contribution in [0.25, 0.3) is 5.78 Å². The number of carbonyl (C=O) groups is 1. The van der Waals surface area contributed by atoms with Crippen LogP contribution in [0.4, 0.5) is 5.82 Å². The standard InChI is InChI=1S/C15H12BrN5O2/c1-20-14(23)12-10(8-3-2-4-9(16)5-8)6-11(22)19-13(12)21-15(20)17-7-18-21/h2-5,7,10H,6H2,1H3,(H,19,22). The molecule has 7 nitrogen and oxygen atoms in total. The summed E-state index contributed by atoms with van der Waals surface area (Å²) >= 11 is 3.44. The lowest BCUT2D eigenvalue weighted by Gasteiger charge is -2.26. The first kappa shape index (κ1) is 14.1. The first-order valence-electron chi connectivity index (χ1n) is 7.04. The quantitative estimate of drug-likeness (QED) is 0.703. The second-order valence-corrected chi connectivity index (χ2v) is 6.37. The largest absolute Gasteiger partial charge is 0.310 e. The van der Waals surface area contributed by atoms with Gasteiger partial charge in [0.05, 0.1) is 5.56 Å². The van der Waals surface area contributed by atoms with Gasteiger partial charge in [-0.2, -0.15) is 14.6 Å². The van der Waals surface area contributed by atoms with Gasteiger partial charge in [0, 0.05) is 23.9 Å². The van der Waals surface area contributed by atoms with Crippen molar-refractivity contribution in [2.24, 2.45) is 7.05 Å². The zero-order valence-corrected chi connectivity index (χ0v) is 13.7. The number of hydrogen-bond acceptors (Lipinski definition) is 4. The predicted molar refractivity (Wildman–Crippen MR) is 87.5 cm³/mol. The molecule has 1 aromatic carbocycles. The fraction of sp³-hybridized carbons (Fsp3) is 0.200. The third-order valence-electron chi connectivity index (χ3n) is 4.08. The van der Waals surface area contributed by atoms with Gasteiger partial charge in [0.25, 0.3) is 5.56 Å². The van der Waals surface area contributed by atoms with E-state index in [1.54, 1.807) is 7.05 Å². The van der Waals surface area contributed by atoms with Gasteiger partial charge in [-0.1, -0.05) is 28.1 Å². The normalized spacial score (nSPS) is 17.1. The summed E-state index contributed by atoms with van der Waals surface area (Å²) in [6.07, 6.45) is 1.59. The first-order valence-corrected chi connectivity index (χ1v) is 7.83. The van der Waals surface area contributed by atoms with E-state index in [1.165, 1.54) is 15.4 Å². The number of anilines is 1. The topological polar surface area (TPSA) is 81.3 Å². The molecule has 1 aliphatic heterocycles. The van der Waals surface area contributed by atoms with E-state index in [4.69, 9.17) is 0 Å². The number of hydrogen-bond donors (Lipinski definition) is 1. The van der Waals surface area contributed by atoms with Crippen LogP contribution in [0.3, 0.4) is 0 Å². The summed E-state index contributed by atoms with van der Waals surface area (Å²) in [5.74, 6) is 0.335. The monoisotopic (exact) mass is 373 g/mol. The maximum atomic E-state index is 12.8. The molecule has 1 atom stereocenters. The molecule has 3 heterocycles. The average molecular weight is 374 g/mol. The Labute approximate surface area is 139 Å². The Balaban J connectivity index is 2.05. The Morgan fingerprint density at radius 2 is 2.17 bits per heavy atom. The number of amides is 1. The second-order valence-electron chi connectivity index (χ2n) is 5.46. The number of halogens is 1. The third kappa shape index (κ3) is 2.09. The van der Waals surface area contributed by atoms with E-state index < -0.39 is 0 Å². The molecule has 4 rings (SSSR count). The molecule has 1 aliphatic rings. The highest BCUT2D eigenvalue weighted by Crippen LogP contribution is 2.35. The summed E-state index contributed by atoms with van der Waals surface area (Å²) in [6, 6.07) is 7.65. The average Bonchev–Trinajstić information content (AvgIpc) is 3.01. The number of nitrogens with one attached hydrogen (secondary N) is 1. The van der Waals surface area contributed by atoms with Gasteiger partial charge in [-0.15, -0.1) is 0 Å². The van der Waals surface area contributed by atoms with E-state index in [2.05, 4.69) is 31.3 Å². The first-order chi connectivity index (χ1) is 11.1. The fourth-order valence-electron chi connectivity index (χ4n) is 3.02. The molecule has 116 valence electrons. The van der Waals surface area contributed by atoms with Crippen LogP contribution in [0.2, 0.25) is 0 Å². The summed E-state index contributed by atoms with van der Waals surface area (Å²) in [7, 11) is 1.65. The molecule has 0 saturated heterocycles. The van der Waals surface area contributed by atoms with Gasteiger partial charge in [0.15, 0.2) is 0 Å². The number of carbonyl (C=O) groups excluding carboxylic acids is 1. The fourth-order valence-corrected chi connectivity index (χ4v) is 3.44. The van der Waals surface area contributed by atoms with Crippen molar-refractivity contribution in [2.45, 2.75) is 12.3 Å². The lowest BCUT2D eigenvalue weighted by atomic mass is 9.87. The summed E-state index contributed by atoms with van der Waals surface area (Å²) in [6.45, 7) is 0. The van der Waals surface area contributed by atoms with Crippen molar-refractivity contribution in [1.29, 1.82) is 0 Å². The number of nitrogens with zero attached hydrogens (tertiary/aromatic N) is 4. The van der Waals surface area contributed by atoms with Crippen molar-refractivity contribution in [1.82, 2.24) is 19.2 Å². The predicted octanol–water partition coefficient (Wildman–Crippen LogP) is 1.66. The van der Waals surface area contributed by atoms with Crippen molar-refractivity contribution in [3.05, 3.63) is 56.5 Å². The smallest absolute Gasteiger partial charge is 0.260 e. The Bertz CT molecular complexity index is 1010. The van der Waals surface area contributed by atoms with Crippen LogP contribution in [-0.4, -0.2) is 25.1 Å². The van der Waals surface area contributed by atoms with Gasteiger partial charge < -0.3 is 5.32 Å². The van der Waals surface area contributed by atoms with E-state index in [1.807, 2.05) is 24.3 Å². The summed E-state index contributed by atoms with van der Waals surface area (Å²) in [5.41, 5.74) is 1.26. The Hall–Kier alpha value is -2.48. The molecule has 0 saturated carbocycles. The van der Waals surface area contributed by atoms with E-state index in [0.29, 0.717) is 17.2 Å². The van der Waals surface area contributed by atoms with Gasteiger partial charge in [-0.3, -0.25) is 14.2 Å². The minimum atomic E-state index is -0.316. The molecule has 2 aromatic heterocycles. The molecule has 3 aromatic rings. The van der Waals surface area contributed by atoms with Crippen molar-refractivity contribution >= 4 is 33.4 Å². The van der Waals surface area contributed by atoms with Gasteiger partial charge in [0.1, 0.15) is 12.1 Å². The Morgan fingerprint density at radius 3 is 2.96 bits per heavy atom. The molecule has 0 aliphatic carbocycles. The van der Waals surface area contributed by atoms with Gasteiger partial charge in [0.2, 0.25) is 11.7 Å². The number of aromatic nitrogens is 4. The SMILES string of the molecule is Cn1c(=O)c2c(n3ncnc13)NC(=O)CC2c1cccc(Br)c1. The van der Waals surface area contributed by atoms with Crippen molar-refractivity contribution < 1.29 is 4.79 Å². The molecule has 1 amide bonds. The summed E-state index contributed by atoms with van der Waals surface area (Å²) < 4.78 is 3.86. The molecule has 8 heteroatoms. The third-order valence-corrected chi connectivity index (χ3v) is 4.57. The van der Waals surface area contributed by atoms with Gasteiger partial charge in [-0.05, 0) is 17.7 Å². The van der Waals surface area contributed by atoms with E-state index in [-0.39, 0.29) is 23.8 Å². The van der Waals surface area contributed by atoms with Crippen molar-refractivity contribution in [2.75, 3.05) is 5.32 Å². The maximum Gasteiger partial charge on any atom is 0.260 e. The zero-order chi connectivity index (χ0) is 16.1. The van der Waals surface area contributed by atoms with E-state index in [9.17, 15) is 9.59 Å². The lowest BCUT2D eigenvalue weighted by molar-refractivity contribution is -0.116. The van der Waals surface area contributed by atoms with Crippen LogP contribution < -0.4 is 10.9 Å². The Kier molecular flexibility index (Phi) is 3.08. The minimum Gasteiger partial charge on any atom is -0.310 e. The molecule has 0 fully saturated rings. The molecule has 0 radical (unpaired) electrons. The van der Waals surface area contributed by atoms with Crippen LogP contribution in [0.5, 0.6) is 0 Å². The number of benzene rings is 1. The molecule has 1 unspecified atom stereocenters. The molecule has 0 spiro atoms. The van der Waals surface area contributed by atoms with E-state index in [0.717, 1.165) is 10.0 Å². The summed E-state index contributed by atoms with van der Waals surface area (Å²) in [4.78, 5) is 29.1. The molecule has 0 bridgehead atoms. The Morgan fingerprint density at radius 1 is 1.35 bits per heavy atom. The number of fused-ring (bicyclic) bond motifs is 3. The zero-order valence-electron chi connectivity index (χ0n) is 12.2. The summed E-state index contributed by atoms with van der Waals surface area (Å²) in [5, 5.41) is 6.90. The maximum absolute atomic E-state index is 12.8. The number of aryl methyl sites for hydroxylation is 1. The molecular formula is C15H12BrN5O2. The highest BCUT2D eigenvalue weighted by atomic mass is 79.9. The van der Waals surface area contributed by atoms with Crippen LogP contribution in [0, 0.1) is 0 Å². The number of rotatable bonds is 1. The van der Waals surface area contributed by atoms with Gasteiger partial charge in [-0.25, -0.2) is 0 Å². The van der Waals surface area contributed by atoms with Crippen molar-refractivity contribution in [3.8, 4) is 0 Å². The molecule has 1 N–H and O–H groups in total. The van der Waals surface area contributed by atoms with Gasteiger partial charge >= 0.3 is 0 Å². The highest BCUT2D eigenvalue weighted by Gasteiger charge is 2.32. The molecule has 23 heavy (non-hydrogen) atoms. The highest BCUT2D eigenvalue weighted by molar-refractivity contribution is 9.10. The van der Waals surface area contributed by atoms with E-state index >= 15 is 0 Å². The van der Waals surface area contributed by atoms with Crippen LogP contribution in [0.15, 0.2) is 39.9 Å². The second kappa shape index (κ2) is 5.02. The van der Waals surface area contributed by atoms with Crippen molar-refractivity contribution in [3.63, 3.8) is 0 Å².